The van der Waals surface area contributed by atoms with Gasteiger partial charge >= 0.3 is 5.97 Å². The first-order chi connectivity index (χ1) is 10.5. The number of H-pyrrole nitrogens is 1. The first-order valence-electron chi connectivity index (χ1n) is 6.26. The molecule has 0 atom stereocenters. The average molecular weight is 374 g/mol. The minimum absolute atomic E-state index is 0. The maximum atomic E-state index is 11.4. The fourth-order valence-corrected chi connectivity index (χ4v) is 2.64. The number of hydrogen-bond acceptors (Lipinski definition) is 4. The van der Waals surface area contributed by atoms with Crippen molar-refractivity contribution in [3.63, 3.8) is 0 Å². The first kappa shape index (κ1) is 17.3. The number of anilines is 2. The molecule has 3 aromatic rings. The van der Waals surface area contributed by atoms with E-state index >= 15 is 0 Å². The second-order valence-corrected chi connectivity index (χ2v) is 5.44. The molecule has 9 heteroatoms. The molecule has 0 unspecified atom stereocenters. The Labute approximate surface area is 147 Å². The molecule has 0 saturated heterocycles. The van der Waals surface area contributed by atoms with Crippen molar-refractivity contribution < 1.29 is 9.90 Å². The standard InChI is InChI=1S/C14H10Cl2N4O2.ClH/c1-6-10(14(21)22)11-12(18-5-17-11)13(19-6)20-9-3-2-7(15)4-8(9)16;/h2-5H,1H3,(H,17,18)(H,19,20)(H,21,22);1H. The summed E-state index contributed by atoms with van der Waals surface area (Å²) in [5, 5.41) is 13.3. The van der Waals surface area contributed by atoms with Crippen molar-refractivity contribution in [3.8, 4) is 0 Å². The summed E-state index contributed by atoms with van der Waals surface area (Å²) in [5.41, 5.74) is 1.91. The number of rotatable bonds is 3. The van der Waals surface area contributed by atoms with Gasteiger partial charge < -0.3 is 15.4 Å². The number of aromatic nitrogens is 3. The molecular weight excluding hydrogens is 363 g/mol. The summed E-state index contributed by atoms with van der Waals surface area (Å²) in [4.78, 5) is 22.6. The predicted octanol–water partition coefficient (Wildman–Crippen LogP) is 4.44. The van der Waals surface area contributed by atoms with Crippen molar-refractivity contribution in [1.29, 1.82) is 0 Å². The number of nitrogens with zero attached hydrogens (tertiary/aromatic N) is 2. The molecule has 0 saturated carbocycles. The molecule has 2 aromatic heterocycles. The number of pyridine rings is 1. The number of carboxylic acids is 1. The Bertz CT molecular complexity index is 895. The van der Waals surface area contributed by atoms with E-state index in [2.05, 4.69) is 20.3 Å². The van der Waals surface area contributed by atoms with Gasteiger partial charge in [-0.3, -0.25) is 0 Å². The van der Waals surface area contributed by atoms with Gasteiger partial charge in [0.1, 0.15) is 11.1 Å². The molecule has 3 rings (SSSR count). The third kappa shape index (κ3) is 3.19. The van der Waals surface area contributed by atoms with Crippen molar-refractivity contribution in [1.82, 2.24) is 15.0 Å². The highest BCUT2D eigenvalue weighted by Crippen LogP contribution is 2.31. The highest BCUT2D eigenvalue weighted by atomic mass is 35.5. The van der Waals surface area contributed by atoms with Gasteiger partial charge in [0.25, 0.3) is 0 Å². The lowest BCUT2D eigenvalue weighted by atomic mass is 10.1. The van der Waals surface area contributed by atoms with Crippen molar-refractivity contribution in [2.24, 2.45) is 0 Å². The van der Waals surface area contributed by atoms with Crippen molar-refractivity contribution in [3.05, 3.63) is 45.8 Å². The minimum Gasteiger partial charge on any atom is -0.478 e. The number of aromatic carboxylic acids is 1. The Balaban J connectivity index is 0.00000192. The van der Waals surface area contributed by atoms with Crippen LogP contribution in [0.2, 0.25) is 10.0 Å². The van der Waals surface area contributed by atoms with Crippen molar-refractivity contribution in [2.45, 2.75) is 6.92 Å². The number of aryl methyl sites for hydroxylation is 1. The van der Waals surface area contributed by atoms with Gasteiger partial charge in [-0.2, -0.15) is 0 Å². The maximum absolute atomic E-state index is 11.4. The van der Waals surface area contributed by atoms with Crippen molar-refractivity contribution in [2.75, 3.05) is 5.32 Å². The number of imidazole rings is 1. The molecule has 6 nitrogen and oxygen atoms in total. The van der Waals surface area contributed by atoms with Crippen LogP contribution in [0.1, 0.15) is 16.1 Å². The number of aromatic amines is 1. The van der Waals surface area contributed by atoms with E-state index in [4.69, 9.17) is 23.2 Å². The third-order valence-corrected chi connectivity index (χ3v) is 3.70. The molecule has 0 spiro atoms. The molecule has 3 N–H and O–H groups in total. The summed E-state index contributed by atoms with van der Waals surface area (Å²) in [5.74, 6) is -0.640. The Morgan fingerprint density at radius 3 is 2.74 bits per heavy atom. The van der Waals surface area contributed by atoms with Crippen LogP contribution in [-0.2, 0) is 0 Å². The average Bonchev–Trinajstić information content (AvgIpc) is 2.90. The van der Waals surface area contributed by atoms with Crippen molar-refractivity contribution >= 4 is 64.1 Å². The highest BCUT2D eigenvalue weighted by Gasteiger charge is 2.19. The number of benzene rings is 1. The molecule has 2 heterocycles. The topological polar surface area (TPSA) is 90.9 Å². The molecule has 0 amide bonds. The van der Waals surface area contributed by atoms with Crippen LogP contribution in [0.25, 0.3) is 11.0 Å². The maximum Gasteiger partial charge on any atom is 0.339 e. The number of carbonyl (C=O) groups is 1. The van der Waals surface area contributed by atoms with E-state index in [0.717, 1.165) is 0 Å². The van der Waals surface area contributed by atoms with E-state index in [-0.39, 0.29) is 18.0 Å². The summed E-state index contributed by atoms with van der Waals surface area (Å²) in [6, 6.07) is 5.01. The zero-order chi connectivity index (χ0) is 15.9. The summed E-state index contributed by atoms with van der Waals surface area (Å²) in [6.07, 6.45) is 1.42. The van der Waals surface area contributed by atoms with Crippen LogP contribution in [0.15, 0.2) is 24.5 Å². The van der Waals surface area contributed by atoms with E-state index in [1.807, 2.05) is 0 Å². The Hall–Kier alpha value is -2.02. The Kier molecular flexibility index (Phi) is 4.99. The summed E-state index contributed by atoms with van der Waals surface area (Å²) >= 11 is 12.0. The highest BCUT2D eigenvalue weighted by molar-refractivity contribution is 6.36. The molecule has 0 aliphatic carbocycles. The smallest absolute Gasteiger partial charge is 0.339 e. The molecule has 120 valence electrons. The lowest BCUT2D eigenvalue weighted by Gasteiger charge is -2.11. The van der Waals surface area contributed by atoms with Gasteiger partial charge in [0.15, 0.2) is 5.82 Å². The molecule has 0 aliphatic rings. The summed E-state index contributed by atoms with van der Waals surface area (Å²) in [6.45, 7) is 1.62. The number of nitrogens with one attached hydrogen (secondary N) is 2. The molecular formula is C14H11Cl3N4O2. The Morgan fingerprint density at radius 1 is 1.35 bits per heavy atom. The quantitative estimate of drug-likeness (QED) is 0.631. The lowest BCUT2D eigenvalue weighted by molar-refractivity contribution is 0.0697. The lowest BCUT2D eigenvalue weighted by Crippen LogP contribution is -2.06. The van der Waals surface area contributed by atoms with Gasteiger partial charge in [-0.1, -0.05) is 23.2 Å². The molecule has 0 radical (unpaired) electrons. The van der Waals surface area contributed by atoms with Gasteiger partial charge in [-0.05, 0) is 25.1 Å². The van der Waals surface area contributed by atoms with Gasteiger partial charge in [0.2, 0.25) is 0 Å². The van der Waals surface area contributed by atoms with Crippen LogP contribution in [0.4, 0.5) is 11.5 Å². The second kappa shape index (κ2) is 6.62. The summed E-state index contributed by atoms with van der Waals surface area (Å²) in [7, 11) is 0. The molecule has 0 fully saturated rings. The van der Waals surface area contributed by atoms with E-state index in [9.17, 15) is 9.90 Å². The van der Waals surface area contributed by atoms with Crippen LogP contribution in [0.5, 0.6) is 0 Å². The van der Waals surface area contributed by atoms with E-state index in [0.29, 0.717) is 38.3 Å². The van der Waals surface area contributed by atoms with Gasteiger partial charge in [-0.25, -0.2) is 14.8 Å². The largest absolute Gasteiger partial charge is 0.478 e. The van der Waals surface area contributed by atoms with E-state index < -0.39 is 5.97 Å². The van der Waals surface area contributed by atoms with Gasteiger partial charge in [0.05, 0.1) is 28.2 Å². The fourth-order valence-electron chi connectivity index (χ4n) is 2.19. The van der Waals surface area contributed by atoms with Crippen LogP contribution < -0.4 is 5.32 Å². The van der Waals surface area contributed by atoms with Crippen LogP contribution in [0.3, 0.4) is 0 Å². The molecule has 23 heavy (non-hydrogen) atoms. The first-order valence-corrected chi connectivity index (χ1v) is 7.02. The monoisotopic (exact) mass is 372 g/mol. The third-order valence-electron chi connectivity index (χ3n) is 3.15. The van der Waals surface area contributed by atoms with E-state index in [1.165, 1.54) is 6.33 Å². The number of halogens is 3. The van der Waals surface area contributed by atoms with E-state index in [1.54, 1.807) is 25.1 Å². The van der Waals surface area contributed by atoms with Gasteiger partial charge in [-0.15, -0.1) is 12.4 Å². The fraction of sp³-hybridized carbons (Fsp3) is 0.0714. The normalized spacial score (nSPS) is 10.4. The molecule has 1 aromatic carbocycles. The van der Waals surface area contributed by atoms with Crippen LogP contribution in [-0.4, -0.2) is 26.0 Å². The number of fused-ring (bicyclic) bond motifs is 1. The molecule has 0 bridgehead atoms. The summed E-state index contributed by atoms with van der Waals surface area (Å²) < 4.78 is 0. The minimum atomic E-state index is -1.06. The number of carboxylic acid groups (broad SMARTS) is 1. The predicted molar refractivity (Wildman–Crippen MR) is 92.6 cm³/mol. The van der Waals surface area contributed by atoms with Crippen LogP contribution >= 0.6 is 35.6 Å². The second-order valence-electron chi connectivity index (χ2n) is 4.60. The number of hydrogen-bond donors (Lipinski definition) is 3. The van der Waals surface area contributed by atoms with Crippen LogP contribution in [0, 0.1) is 6.92 Å². The Morgan fingerprint density at radius 2 is 2.09 bits per heavy atom. The SMILES string of the molecule is Cc1nc(Nc2ccc(Cl)cc2Cl)c2nc[nH]c2c1C(=O)O.Cl. The van der Waals surface area contributed by atoms with Gasteiger partial charge in [0, 0.05) is 5.02 Å². The molecule has 0 aliphatic heterocycles. The zero-order valence-electron chi connectivity index (χ0n) is 11.7. The zero-order valence-corrected chi connectivity index (χ0v) is 14.1.